The van der Waals surface area contributed by atoms with Crippen LogP contribution < -0.4 is 10.2 Å². The van der Waals surface area contributed by atoms with Crippen molar-refractivity contribution < 1.29 is 9.90 Å². The van der Waals surface area contributed by atoms with Crippen LogP contribution in [0, 0.1) is 0 Å². The number of aromatic hydroxyl groups is 1. The summed E-state index contributed by atoms with van der Waals surface area (Å²) in [6, 6.07) is 14.9. The number of amides is 1. The number of hydrogen-bond acceptors (Lipinski definition) is 5. The van der Waals surface area contributed by atoms with E-state index in [4.69, 9.17) is 4.98 Å². The third-order valence-corrected chi connectivity index (χ3v) is 5.63. The summed E-state index contributed by atoms with van der Waals surface area (Å²) in [7, 11) is 0. The summed E-state index contributed by atoms with van der Waals surface area (Å²) >= 11 is 1.71. The van der Waals surface area contributed by atoms with Gasteiger partial charge in [-0.25, -0.2) is 4.98 Å². The zero-order chi connectivity index (χ0) is 17.2. The average Bonchev–Trinajstić information content (AvgIpc) is 3.07. The van der Waals surface area contributed by atoms with Gasteiger partial charge < -0.3 is 15.3 Å². The molecule has 1 fully saturated rings. The van der Waals surface area contributed by atoms with E-state index < -0.39 is 0 Å². The van der Waals surface area contributed by atoms with E-state index in [1.807, 2.05) is 18.2 Å². The Bertz CT molecular complexity index is 867. The minimum absolute atomic E-state index is 0.0203. The van der Waals surface area contributed by atoms with Crippen molar-refractivity contribution in [3.05, 3.63) is 54.1 Å². The van der Waals surface area contributed by atoms with Crippen molar-refractivity contribution in [3.8, 4) is 5.75 Å². The number of carbonyl (C=O) groups excluding carboxylic acids is 1. The Morgan fingerprint density at radius 1 is 1.12 bits per heavy atom. The Labute approximate surface area is 149 Å². The van der Waals surface area contributed by atoms with Crippen LogP contribution in [0.15, 0.2) is 48.5 Å². The van der Waals surface area contributed by atoms with Crippen molar-refractivity contribution >= 4 is 32.6 Å². The minimum Gasteiger partial charge on any atom is -0.507 e. The molecule has 0 bridgehead atoms. The maximum atomic E-state index is 12.3. The summed E-state index contributed by atoms with van der Waals surface area (Å²) in [6.07, 6.45) is 1.74. The molecule has 4 rings (SSSR count). The Balaban J connectivity index is 1.38. The number of para-hydroxylation sites is 2. The number of rotatable bonds is 3. The number of nitrogens with zero attached hydrogens (tertiary/aromatic N) is 2. The number of benzene rings is 2. The molecule has 0 saturated carbocycles. The van der Waals surface area contributed by atoms with Crippen LogP contribution in [0.3, 0.4) is 0 Å². The van der Waals surface area contributed by atoms with E-state index in [2.05, 4.69) is 16.3 Å². The van der Waals surface area contributed by atoms with Gasteiger partial charge in [0.1, 0.15) is 5.75 Å². The number of fused-ring (bicyclic) bond motifs is 1. The first-order valence-corrected chi connectivity index (χ1v) is 9.22. The lowest BCUT2D eigenvalue weighted by Crippen LogP contribution is -2.44. The first-order valence-electron chi connectivity index (χ1n) is 8.40. The molecular formula is C19H19N3O2S. The van der Waals surface area contributed by atoms with E-state index in [0.717, 1.165) is 36.6 Å². The number of nitrogens with one attached hydrogen (secondary N) is 1. The molecule has 1 aromatic heterocycles. The van der Waals surface area contributed by atoms with Crippen LogP contribution in [0.5, 0.6) is 5.75 Å². The molecule has 128 valence electrons. The van der Waals surface area contributed by atoms with Crippen molar-refractivity contribution in [1.82, 2.24) is 10.3 Å². The van der Waals surface area contributed by atoms with Crippen molar-refractivity contribution in [2.45, 2.75) is 18.9 Å². The van der Waals surface area contributed by atoms with Crippen LogP contribution in [0.1, 0.15) is 23.2 Å². The SMILES string of the molecule is O=C(NC1CCN(c2nc3ccccc3s2)CC1)c1ccccc1O. The fraction of sp³-hybridized carbons (Fsp3) is 0.263. The molecule has 0 atom stereocenters. The fourth-order valence-corrected chi connectivity index (χ4v) is 4.16. The highest BCUT2D eigenvalue weighted by atomic mass is 32.1. The molecular weight excluding hydrogens is 334 g/mol. The van der Waals surface area contributed by atoms with Gasteiger partial charge in [-0.2, -0.15) is 0 Å². The second kappa shape index (κ2) is 6.72. The lowest BCUT2D eigenvalue weighted by Gasteiger charge is -2.32. The molecule has 0 aliphatic carbocycles. The Morgan fingerprint density at radius 3 is 2.60 bits per heavy atom. The Hall–Kier alpha value is -2.60. The van der Waals surface area contributed by atoms with E-state index in [9.17, 15) is 9.90 Å². The van der Waals surface area contributed by atoms with Crippen LogP contribution in [-0.4, -0.2) is 35.1 Å². The number of anilines is 1. The summed E-state index contributed by atoms with van der Waals surface area (Å²) in [6.45, 7) is 1.73. The molecule has 5 nitrogen and oxygen atoms in total. The first kappa shape index (κ1) is 15.9. The maximum Gasteiger partial charge on any atom is 0.255 e. The van der Waals surface area contributed by atoms with Crippen molar-refractivity contribution in [2.24, 2.45) is 0 Å². The molecule has 1 aliphatic rings. The number of hydrogen-bond donors (Lipinski definition) is 2. The predicted molar refractivity (Wildman–Crippen MR) is 100 cm³/mol. The van der Waals surface area contributed by atoms with E-state index in [0.29, 0.717) is 5.56 Å². The van der Waals surface area contributed by atoms with E-state index in [1.54, 1.807) is 29.5 Å². The van der Waals surface area contributed by atoms with Gasteiger partial charge in [-0.05, 0) is 37.1 Å². The highest BCUT2D eigenvalue weighted by Gasteiger charge is 2.23. The maximum absolute atomic E-state index is 12.3. The standard InChI is InChI=1S/C19H19N3O2S/c23-16-7-3-1-5-14(16)18(24)20-13-9-11-22(12-10-13)19-21-15-6-2-4-8-17(15)25-19/h1-8,13,23H,9-12H2,(H,20,24). The van der Waals surface area contributed by atoms with Crippen molar-refractivity contribution in [3.63, 3.8) is 0 Å². The van der Waals surface area contributed by atoms with Crippen LogP contribution in [0.4, 0.5) is 5.13 Å². The average molecular weight is 353 g/mol. The van der Waals surface area contributed by atoms with E-state index in [-0.39, 0.29) is 17.7 Å². The molecule has 25 heavy (non-hydrogen) atoms. The number of phenolic OH excluding ortho intramolecular Hbond substituents is 1. The van der Waals surface area contributed by atoms with Gasteiger partial charge in [-0.15, -0.1) is 0 Å². The van der Waals surface area contributed by atoms with Crippen LogP contribution in [-0.2, 0) is 0 Å². The second-order valence-electron chi connectivity index (χ2n) is 6.22. The van der Waals surface area contributed by atoms with Gasteiger partial charge in [-0.3, -0.25) is 4.79 Å². The monoisotopic (exact) mass is 353 g/mol. The van der Waals surface area contributed by atoms with Gasteiger partial charge in [0.2, 0.25) is 0 Å². The molecule has 1 amide bonds. The third-order valence-electron chi connectivity index (χ3n) is 4.53. The van der Waals surface area contributed by atoms with Gasteiger partial charge in [0.05, 0.1) is 15.8 Å². The predicted octanol–water partition coefficient (Wildman–Crippen LogP) is 3.40. The number of carbonyl (C=O) groups is 1. The lowest BCUT2D eigenvalue weighted by molar-refractivity contribution is 0.0928. The van der Waals surface area contributed by atoms with E-state index >= 15 is 0 Å². The zero-order valence-corrected chi connectivity index (χ0v) is 14.5. The molecule has 0 spiro atoms. The van der Waals surface area contributed by atoms with Gasteiger partial charge in [0.15, 0.2) is 5.13 Å². The molecule has 6 heteroatoms. The fourth-order valence-electron chi connectivity index (χ4n) is 3.14. The summed E-state index contributed by atoms with van der Waals surface area (Å²) in [4.78, 5) is 19.3. The summed E-state index contributed by atoms with van der Waals surface area (Å²) in [5.74, 6) is -0.191. The number of piperidine rings is 1. The highest BCUT2D eigenvalue weighted by molar-refractivity contribution is 7.22. The number of aromatic nitrogens is 1. The van der Waals surface area contributed by atoms with Crippen LogP contribution >= 0.6 is 11.3 Å². The molecule has 0 unspecified atom stereocenters. The molecule has 1 aliphatic heterocycles. The van der Waals surface area contributed by atoms with Gasteiger partial charge in [0, 0.05) is 19.1 Å². The molecule has 0 radical (unpaired) electrons. The summed E-state index contributed by atoms with van der Waals surface area (Å²) in [5, 5.41) is 13.9. The topological polar surface area (TPSA) is 65.5 Å². The smallest absolute Gasteiger partial charge is 0.255 e. The largest absolute Gasteiger partial charge is 0.507 e. The lowest BCUT2D eigenvalue weighted by atomic mass is 10.0. The number of thiazole rings is 1. The Morgan fingerprint density at radius 2 is 1.84 bits per heavy atom. The van der Waals surface area contributed by atoms with Gasteiger partial charge >= 0.3 is 0 Å². The van der Waals surface area contributed by atoms with Crippen molar-refractivity contribution in [1.29, 1.82) is 0 Å². The van der Waals surface area contributed by atoms with Gasteiger partial charge in [-0.1, -0.05) is 35.6 Å². The Kier molecular flexibility index (Phi) is 4.28. The summed E-state index contributed by atoms with van der Waals surface area (Å²) < 4.78 is 1.20. The highest BCUT2D eigenvalue weighted by Crippen LogP contribution is 2.30. The summed E-state index contributed by atoms with van der Waals surface area (Å²) in [5.41, 5.74) is 1.37. The quantitative estimate of drug-likeness (QED) is 0.757. The van der Waals surface area contributed by atoms with Crippen LogP contribution in [0.2, 0.25) is 0 Å². The van der Waals surface area contributed by atoms with Crippen molar-refractivity contribution in [2.75, 3.05) is 18.0 Å². The zero-order valence-electron chi connectivity index (χ0n) is 13.7. The minimum atomic E-state index is -0.212. The second-order valence-corrected chi connectivity index (χ2v) is 7.23. The van der Waals surface area contributed by atoms with Crippen LogP contribution in [0.25, 0.3) is 10.2 Å². The molecule has 2 heterocycles. The molecule has 2 N–H and O–H groups in total. The normalized spacial score (nSPS) is 15.4. The molecule has 1 saturated heterocycles. The molecule has 2 aromatic carbocycles. The van der Waals surface area contributed by atoms with Gasteiger partial charge in [0.25, 0.3) is 5.91 Å². The third kappa shape index (κ3) is 3.30. The van der Waals surface area contributed by atoms with E-state index in [1.165, 1.54) is 10.8 Å². The number of phenols is 1. The first-order chi connectivity index (χ1) is 12.2. The molecule has 3 aromatic rings.